The van der Waals surface area contributed by atoms with Crippen LogP contribution in [0.4, 0.5) is 0 Å². The molecule has 7 N–H and O–H groups in total. The summed E-state index contributed by atoms with van der Waals surface area (Å²) in [6.45, 7) is 1.01. The van der Waals surface area contributed by atoms with Gasteiger partial charge in [0.2, 0.25) is 0 Å². The topological polar surface area (TPSA) is 159 Å². The molecular formula is C14H17N4O5S+. The van der Waals surface area contributed by atoms with E-state index in [0.717, 1.165) is 6.20 Å². The van der Waals surface area contributed by atoms with E-state index >= 15 is 0 Å². The Balaban J connectivity index is 2.41. The van der Waals surface area contributed by atoms with E-state index in [9.17, 15) is 23.1 Å². The summed E-state index contributed by atoms with van der Waals surface area (Å²) in [7, 11) is -4.23. The number of quaternary nitrogens is 1. The first kappa shape index (κ1) is 17.7. The molecule has 1 aromatic carbocycles. The molecule has 0 unspecified atom stereocenters. The van der Waals surface area contributed by atoms with Gasteiger partial charge in [-0.05, 0) is 23.8 Å². The zero-order chi connectivity index (χ0) is 17.9. The lowest BCUT2D eigenvalue weighted by Crippen LogP contribution is -2.54. The van der Waals surface area contributed by atoms with Crippen LogP contribution in [0, 0.1) is 0 Å². The molecule has 0 spiro atoms. The Bertz CT molecular complexity index is 871. The molecule has 1 aromatic heterocycles. The van der Waals surface area contributed by atoms with E-state index in [1.54, 1.807) is 0 Å². The number of carbonyl (C=O) groups is 2. The van der Waals surface area contributed by atoms with Gasteiger partial charge in [0.15, 0.2) is 5.69 Å². The van der Waals surface area contributed by atoms with Crippen LogP contribution in [0.3, 0.4) is 0 Å². The summed E-state index contributed by atoms with van der Waals surface area (Å²) < 4.78 is 23.4. The highest BCUT2D eigenvalue weighted by Crippen LogP contribution is 2.26. The average molecular weight is 353 g/mol. The first-order valence-corrected chi connectivity index (χ1v) is 8.42. The third-order valence-corrected chi connectivity index (χ3v) is 4.10. The summed E-state index contributed by atoms with van der Waals surface area (Å²) in [4.78, 5) is 23.2. The zero-order valence-electron chi connectivity index (χ0n) is 12.6. The van der Waals surface area contributed by atoms with Gasteiger partial charge in [0, 0.05) is 17.3 Å². The highest BCUT2D eigenvalue weighted by Gasteiger charge is 2.22. The molecule has 1 amide bonds. The maximum absolute atomic E-state index is 11.8. The third kappa shape index (κ3) is 3.62. The number of carboxylic acid groups (broad SMARTS) is 1. The number of carboxylic acids is 1. The van der Waals surface area contributed by atoms with Crippen LogP contribution in [0.25, 0.3) is 11.1 Å². The quantitative estimate of drug-likeness (QED) is 0.516. The Morgan fingerprint density at radius 1 is 1.21 bits per heavy atom. The van der Waals surface area contributed by atoms with Gasteiger partial charge in [0.05, 0.1) is 13.1 Å². The lowest BCUT2D eigenvalue weighted by Gasteiger charge is -2.07. The van der Waals surface area contributed by atoms with Gasteiger partial charge >= 0.3 is 16.2 Å². The largest absolute Gasteiger partial charge is 0.477 e. The number of aromatic nitrogens is 1. The van der Waals surface area contributed by atoms with Crippen LogP contribution in [0.2, 0.25) is 0 Å². The molecule has 0 radical (unpaired) electrons. The fraction of sp³-hybridized carbons (Fsp3) is 0.143. The molecule has 0 saturated carbocycles. The van der Waals surface area contributed by atoms with Crippen molar-refractivity contribution in [1.82, 2.24) is 9.29 Å². The molecule has 2 aromatic rings. The van der Waals surface area contributed by atoms with E-state index in [1.165, 1.54) is 30.3 Å². The van der Waals surface area contributed by atoms with Gasteiger partial charge in [-0.2, -0.15) is 8.42 Å². The Kier molecular flexibility index (Phi) is 5.02. The number of amides is 1. The minimum absolute atomic E-state index is 0.182. The van der Waals surface area contributed by atoms with Gasteiger partial charge in [0.1, 0.15) is 0 Å². The molecule has 1 heterocycles. The van der Waals surface area contributed by atoms with Crippen molar-refractivity contribution < 1.29 is 28.8 Å². The lowest BCUT2D eigenvalue weighted by atomic mass is 10.0. The van der Waals surface area contributed by atoms with E-state index in [0.29, 0.717) is 28.2 Å². The van der Waals surface area contributed by atoms with E-state index < -0.39 is 21.9 Å². The first-order chi connectivity index (χ1) is 11.3. The normalized spacial score (nSPS) is 11.2. The Labute approximate surface area is 138 Å². The van der Waals surface area contributed by atoms with Crippen LogP contribution in [-0.4, -0.2) is 42.5 Å². The predicted molar refractivity (Wildman–Crippen MR) is 85.4 cm³/mol. The molecule has 0 bridgehead atoms. The molecular weight excluding hydrogens is 336 g/mol. The molecule has 9 nitrogen and oxygen atoms in total. The minimum Gasteiger partial charge on any atom is -0.477 e. The van der Waals surface area contributed by atoms with Crippen molar-refractivity contribution in [3.05, 3.63) is 47.8 Å². The van der Waals surface area contributed by atoms with Crippen LogP contribution >= 0.6 is 0 Å². The molecule has 128 valence electrons. The van der Waals surface area contributed by atoms with Crippen LogP contribution < -0.4 is 16.2 Å². The fourth-order valence-electron chi connectivity index (χ4n) is 2.17. The number of carbonyl (C=O) groups excluding carboxylic acids is 1. The second kappa shape index (κ2) is 6.83. The Morgan fingerprint density at radius 2 is 1.83 bits per heavy atom. The summed E-state index contributed by atoms with van der Waals surface area (Å²) in [5.41, 5.74) is 4.18. The van der Waals surface area contributed by atoms with Crippen molar-refractivity contribution in [2.45, 2.75) is 0 Å². The van der Waals surface area contributed by atoms with E-state index in [2.05, 4.69) is 11.1 Å². The maximum atomic E-state index is 11.8. The van der Waals surface area contributed by atoms with Gasteiger partial charge in [-0.15, -0.1) is 0 Å². The molecule has 0 aliphatic rings. The van der Waals surface area contributed by atoms with Crippen molar-refractivity contribution >= 4 is 22.1 Å². The molecule has 0 atom stereocenters. The highest BCUT2D eigenvalue weighted by atomic mass is 32.2. The van der Waals surface area contributed by atoms with Crippen molar-refractivity contribution in [2.24, 2.45) is 5.14 Å². The number of nitrogens with one attached hydrogen (secondary N) is 1. The second-order valence-corrected chi connectivity index (χ2v) is 6.33. The number of nitrogens with two attached hydrogens (primary N) is 1. The van der Waals surface area contributed by atoms with Gasteiger partial charge in [-0.1, -0.05) is 12.1 Å². The monoisotopic (exact) mass is 353 g/mol. The number of aromatic carboxylic acids is 1. The fourth-order valence-corrected chi connectivity index (χ4v) is 2.84. The van der Waals surface area contributed by atoms with Crippen LogP contribution in [-0.2, 0) is 10.2 Å². The van der Waals surface area contributed by atoms with Gasteiger partial charge in [-0.3, -0.25) is 4.79 Å². The van der Waals surface area contributed by atoms with Crippen LogP contribution in [0.15, 0.2) is 36.5 Å². The highest BCUT2D eigenvalue weighted by molar-refractivity contribution is 7.87. The van der Waals surface area contributed by atoms with Gasteiger partial charge in [-0.25, -0.2) is 13.9 Å². The molecule has 2 rings (SSSR count). The third-order valence-electron chi connectivity index (χ3n) is 3.25. The summed E-state index contributed by atoms with van der Waals surface area (Å²) in [5, 5.41) is 17.0. The average Bonchev–Trinajstić information content (AvgIpc) is 2.98. The lowest BCUT2D eigenvalue weighted by molar-refractivity contribution is -0.364. The van der Waals surface area contributed by atoms with Crippen molar-refractivity contribution in [1.29, 1.82) is 0 Å². The van der Waals surface area contributed by atoms with Crippen molar-refractivity contribution in [3.8, 4) is 11.1 Å². The zero-order valence-corrected chi connectivity index (χ0v) is 13.4. The summed E-state index contributed by atoms with van der Waals surface area (Å²) >= 11 is 0. The van der Waals surface area contributed by atoms with Crippen molar-refractivity contribution in [2.75, 3.05) is 13.1 Å². The number of benzene rings is 1. The van der Waals surface area contributed by atoms with Crippen LogP contribution in [0.1, 0.15) is 20.8 Å². The number of nitrogens with zero attached hydrogens (tertiary/aromatic N) is 1. The molecule has 0 saturated heterocycles. The summed E-state index contributed by atoms with van der Waals surface area (Å²) in [6.07, 6.45) is 1.07. The van der Waals surface area contributed by atoms with E-state index in [1.807, 2.05) is 0 Å². The molecule has 24 heavy (non-hydrogen) atoms. The SMILES string of the molecule is NS(=O)(=O)n1ccc(-c2ccc(C(=O)NCC[NH3+])cc2)c1C(=O)O. The van der Waals surface area contributed by atoms with E-state index in [-0.39, 0.29) is 11.5 Å². The summed E-state index contributed by atoms with van der Waals surface area (Å²) in [6, 6.07) is 7.45. The predicted octanol–water partition coefficient (Wildman–Crippen LogP) is -1.12. The van der Waals surface area contributed by atoms with Crippen molar-refractivity contribution in [3.63, 3.8) is 0 Å². The van der Waals surface area contributed by atoms with Gasteiger partial charge < -0.3 is 16.2 Å². The second-order valence-electron chi connectivity index (χ2n) is 4.91. The molecule has 0 aliphatic heterocycles. The minimum atomic E-state index is -4.23. The van der Waals surface area contributed by atoms with Crippen LogP contribution in [0.5, 0.6) is 0 Å². The number of hydrogen-bond acceptors (Lipinski definition) is 4. The molecule has 0 fully saturated rings. The smallest absolute Gasteiger partial charge is 0.354 e. The Morgan fingerprint density at radius 3 is 2.33 bits per heavy atom. The molecule has 0 aliphatic carbocycles. The Hall–Kier alpha value is -2.69. The molecule has 10 heteroatoms. The van der Waals surface area contributed by atoms with Gasteiger partial charge in [0.25, 0.3) is 5.91 Å². The standard InChI is InChI=1S/C14H16N4O5S/c15-6-7-17-13(19)10-3-1-9(2-4-10)11-5-8-18(24(16,22)23)12(11)14(20)21/h1-5,8H,6-7,15H2,(H,17,19)(H,20,21)(H2,16,22,23)/p+1. The number of rotatable bonds is 6. The summed E-state index contributed by atoms with van der Waals surface area (Å²) in [5.74, 6) is -1.70. The maximum Gasteiger partial charge on any atom is 0.354 e. The number of hydrogen-bond donors (Lipinski definition) is 4. The first-order valence-electron chi connectivity index (χ1n) is 6.91. The van der Waals surface area contributed by atoms with E-state index in [4.69, 9.17) is 5.14 Å².